The average molecular weight is 427 g/mol. The number of hydrogen-bond donors (Lipinski definition) is 2. The second-order valence-electron chi connectivity index (χ2n) is 8.02. The van der Waals surface area contributed by atoms with Crippen molar-refractivity contribution in [3.8, 4) is 11.1 Å². The summed E-state index contributed by atoms with van der Waals surface area (Å²) in [5.41, 5.74) is 0.741. The predicted molar refractivity (Wildman–Crippen MR) is 113 cm³/mol. The Labute approximate surface area is 179 Å². The van der Waals surface area contributed by atoms with Crippen molar-refractivity contribution < 1.29 is 19.1 Å². The van der Waals surface area contributed by atoms with Crippen molar-refractivity contribution in [1.82, 2.24) is 14.8 Å². The standard InChI is InChI=1S/C23H26FN3O4/c1-3-19(29)27-20-15(16(12-28)21(27)22(30)25-4-2)11-26-18(20)10-9-14(23(26)31)13-7-5-6-8-17(13)24/h5-10,15-16,20-21,28H,3-4,11-12H2,1-2H3,(H,25,30)/t15-,16-,20+,21-/m0/s1. The number of benzene rings is 1. The number of aliphatic hydroxyl groups is 1. The number of pyridine rings is 1. The van der Waals surface area contributed by atoms with Crippen LogP contribution in [-0.4, -0.2) is 45.6 Å². The summed E-state index contributed by atoms with van der Waals surface area (Å²) in [6.45, 7) is 3.92. The Morgan fingerprint density at radius 2 is 1.90 bits per heavy atom. The van der Waals surface area contributed by atoms with Crippen LogP contribution >= 0.6 is 0 Å². The summed E-state index contributed by atoms with van der Waals surface area (Å²) in [5, 5.41) is 12.9. The molecule has 3 heterocycles. The van der Waals surface area contributed by atoms with Gasteiger partial charge in [-0.1, -0.05) is 25.1 Å². The minimum atomic E-state index is -0.789. The number of nitrogens with zero attached hydrogens (tertiary/aromatic N) is 2. The van der Waals surface area contributed by atoms with Crippen LogP contribution in [0.15, 0.2) is 41.2 Å². The lowest BCUT2D eigenvalue weighted by Crippen LogP contribution is -2.50. The zero-order valence-electron chi connectivity index (χ0n) is 17.5. The molecule has 7 nitrogen and oxygen atoms in total. The van der Waals surface area contributed by atoms with Crippen LogP contribution < -0.4 is 10.9 Å². The zero-order valence-corrected chi connectivity index (χ0v) is 17.5. The smallest absolute Gasteiger partial charge is 0.258 e. The molecule has 1 saturated heterocycles. The molecule has 2 aliphatic heterocycles. The molecule has 0 saturated carbocycles. The molecule has 0 bridgehead atoms. The molecule has 1 fully saturated rings. The van der Waals surface area contributed by atoms with E-state index in [1.807, 2.05) is 0 Å². The lowest BCUT2D eigenvalue weighted by Gasteiger charge is -2.30. The highest BCUT2D eigenvalue weighted by Crippen LogP contribution is 2.49. The lowest BCUT2D eigenvalue weighted by atomic mass is 9.88. The molecule has 2 amide bonds. The second-order valence-corrected chi connectivity index (χ2v) is 8.02. The third kappa shape index (κ3) is 3.26. The van der Waals surface area contributed by atoms with E-state index in [-0.39, 0.29) is 54.0 Å². The largest absolute Gasteiger partial charge is 0.396 e. The summed E-state index contributed by atoms with van der Waals surface area (Å²) in [4.78, 5) is 40.5. The maximum atomic E-state index is 14.3. The molecule has 0 spiro atoms. The van der Waals surface area contributed by atoms with Gasteiger partial charge in [-0.25, -0.2) is 4.39 Å². The number of halogens is 1. The zero-order chi connectivity index (χ0) is 22.3. The first-order chi connectivity index (χ1) is 14.9. The summed E-state index contributed by atoms with van der Waals surface area (Å²) < 4.78 is 15.9. The molecular formula is C23H26FN3O4. The minimum Gasteiger partial charge on any atom is -0.396 e. The number of amides is 2. The summed E-state index contributed by atoms with van der Waals surface area (Å²) in [7, 11) is 0. The van der Waals surface area contributed by atoms with Crippen molar-refractivity contribution in [3.63, 3.8) is 0 Å². The second kappa shape index (κ2) is 8.26. The van der Waals surface area contributed by atoms with E-state index in [0.717, 1.165) is 0 Å². The van der Waals surface area contributed by atoms with Gasteiger partial charge in [0.15, 0.2) is 0 Å². The van der Waals surface area contributed by atoms with E-state index >= 15 is 0 Å². The number of fused-ring (bicyclic) bond motifs is 3. The number of aromatic nitrogens is 1. The Balaban J connectivity index is 1.83. The third-order valence-corrected chi connectivity index (χ3v) is 6.45. The van der Waals surface area contributed by atoms with Crippen LogP contribution in [-0.2, 0) is 16.1 Å². The van der Waals surface area contributed by atoms with Crippen molar-refractivity contribution in [1.29, 1.82) is 0 Å². The van der Waals surface area contributed by atoms with Crippen LogP contribution in [0.4, 0.5) is 4.39 Å². The molecular weight excluding hydrogens is 401 g/mol. The summed E-state index contributed by atoms with van der Waals surface area (Å²) in [5.74, 6) is -1.76. The van der Waals surface area contributed by atoms with E-state index in [0.29, 0.717) is 12.2 Å². The van der Waals surface area contributed by atoms with Crippen molar-refractivity contribution in [3.05, 3.63) is 58.3 Å². The molecule has 164 valence electrons. The molecule has 8 heteroatoms. The first kappa shape index (κ1) is 21.2. The van der Waals surface area contributed by atoms with Crippen LogP contribution in [0.3, 0.4) is 0 Å². The van der Waals surface area contributed by atoms with Gasteiger partial charge in [0, 0.05) is 49.2 Å². The van der Waals surface area contributed by atoms with Crippen LogP contribution in [0, 0.1) is 17.7 Å². The monoisotopic (exact) mass is 427 g/mol. The van der Waals surface area contributed by atoms with Crippen LogP contribution in [0.2, 0.25) is 0 Å². The van der Waals surface area contributed by atoms with Gasteiger partial charge in [-0.2, -0.15) is 0 Å². The highest BCUT2D eigenvalue weighted by molar-refractivity contribution is 5.89. The predicted octanol–water partition coefficient (Wildman–Crippen LogP) is 1.69. The Bertz CT molecular complexity index is 1080. The van der Waals surface area contributed by atoms with E-state index < -0.39 is 23.8 Å². The highest BCUT2D eigenvalue weighted by atomic mass is 19.1. The van der Waals surface area contributed by atoms with Gasteiger partial charge in [0.1, 0.15) is 11.9 Å². The number of likely N-dealkylation sites (N-methyl/N-ethyl adjacent to an activating group) is 1. The molecule has 31 heavy (non-hydrogen) atoms. The first-order valence-electron chi connectivity index (χ1n) is 10.6. The molecule has 2 aliphatic rings. The Morgan fingerprint density at radius 1 is 1.16 bits per heavy atom. The average Bonchev–Trinajstić information content (AvgIpc) is 3.29. The fourth-order valence-electron chi connectivity index (χ4n) is 5.11. The van der Waals surface area contributed by atoms with Gasteiger partial charge >= 0.3 is 0 Å². The van der Waals surface area contributed by atoms with Crippen molar-refractivity contribution >= 4 is 11.8 Å². The number of carbonyl (C=O) groups is 2. The van der Waals surface area contributed by atoms with Gasteiger partial charge in [0.25, 0.3) is 5.56 Å². The number of likely N-dealkylation sites (tertiary alicyclic amines) is 1. The molecule has 1 aromatic heterocycles. The first-order valence-corrected chi connectivity index (χ1v) is 10.6. The number of aliphatic hydroxyl groups excluding tert-OH is 1. The van der Waals surface area contributed by atoms with E-state index in [1.165, 1.54) is 11.0 Å². The van der Waals surface area contributed by atoms with Gasteiger partial charge in [-0.3, -0.25) is 14.4 Å². The van der Waals surface area contributed by atoms with Gasteiger partial charge in [0.2, 0.25) is 11.8 Å². The number of hydrogen-bond acceptors (Lipinski definition) is 4. The molecule has 4 rings (SSSR count). The van der Waals surface area contributed by atoms with Gasteiger partial charge in [-0.05, 0) is 25.1 Å². The number of nitrogens with one attached hydrogen (secondary N) is 1. The highest BCUT2D eigenvalue weighted by Gasteiger charge is 2.56. The molecule has 4 atom stereocenters. The van der Waals surface area contributed by atoms with Crippen LogP contribution in [0.1, 0.15) is 32.0 Å². The van der Waals surface area contributed by atoms with E-state index in [9.17, 15) is 23.9 Å². The molecule has 1 aromatic carbocycles. The molecule has 2 N–H and O–H groups in total. The fourth-order valence-corrected chi connectivity index (χ4v) is 5.11. The van der Waals surface area contributed by atoms with E-state index in [2.05, 4.69) is 5.32 Å². The fraction of sp³-hybridized carbons (Fsp3) is 0.435. The van der Waals surface area contributed by atoms with E-state index in [1.54, 1.807) is 48.7 Å². The van der Waals surface area contributed by atoms with Gasteiger partial charge in [-0.15, -0.1) is 0 Å². The van der Waals surface area contributed by atoms with Gasteiger partial charge in [0.05, 0.1) is 11.6 Å². The molecule has 0 aliphatic carbocycles. The Morgan fingerprint density at radius 3 is 2.55 bits per heavy atom. The third-order valence-electron chi connectivity index (χ3n) is 6.45. The van der Waals surface area contributed by atoms with Crippen molar-refractivity contribution in [2.24, 2.45) is 11.8 Å². The van der Waals surface area contributed by atoms with Gasteiger partial charge < -0.3 is 19.9 Å². The SMILES string of the molecule is CCNC(=O)[C@@H]1[C@@H](CO)[C@@H]2Cn3c(ccc(-c4ccccc4F)c3=O)[C@@H]2N1C(=O)CC. The number of rotatable bonds is 5. The minimum absolute atomic E-state index is 0.203. The molecule has 0 unspecified atom stereocenters. The molecule has 2 aromatic rings. The van der Waals surface area contributed by atoms with Crippen molar-refractivity contribution in [2.75, 3.05) is 13.2 Å². The lowest BCUT2D eigenvalue weighted by molar-refractivity contribution is -0.141. The maximum absolute atomic E-state index is 14.3. The quantitative estimate of drug-likeness (QED) is 0.760. The summed E-state index contributed by atoms with van der Waals surface area (Å²) >= 11 is 0. The van der Waals surface area contributed by atoms with Crippen LogP contribution in [0.25, 0.3) is 11.1 Å². The topological polar surface area (TPSA) is 91.6 Å². The van der Waals surface area contributed by atoms with Crippen LogP contribution in [0.5, 0.6) is 0 Å². The summed E-state index contributed by atoms with van der Waals surface area (Å²) in [6.07, 6.45) is 0.203. The number of carbonyl (C=O) groups excluding carboxylic acids is 2. The van der Waals surface area contributed by atoms with Crippen molar-refractivity contribution in [2.45, 2.75) is 38.9 Å². The Hall–Kier alpha value is -3.00. The maximum Gasteiger partial charge on any atom is 0.258 e. The normalized spacial score (nSPS) is 24.1. The molecule has 0 radical (unpaired) electrons. The Kier molecular flexibility index (Phi) is 5.66. The van der Waals surface area contributed by atoms with E-state index in [4.69, 9.17) is 0 Å². The summed E-state index contributed by atoms with van der Waals surface area (Å²) in [6, 6.07) is 8.14.